The molecular weight excluding hydrogens is 574 g/mol. The summed E-state index contributed by atoms with van der Waals surface area (Å²) in [4.78, 5) is 20.1. The fourth-order valence-corrected chi connectivity index (χ4v) is 3.77. The lowest BCUT2D eigenvalue weighted by molar-refractivity contribution is -0.0170. The van der Waals surface area contributed by atoms with Crippen molar-refractivity contribution in [3.8, 4) is 23.1 Å². The lowest BCUT2D eigenvalue weighted by Crippen LogP contribution is -2.23. The molecule has 1 heterocycles. The molecule has 1 aromatic heterocycles. The molecule has 11 heteroatoms. The van der Waals surface area contributed by atoms with Gasteiger partial charge >= 0.3 is 5.69 Å². The van der Waals surface area contributed by atoms with E-state index in [0.717, 1.165) is 12.0 Å². The number of nitrogens with one attached hydrogen (secondary N) is 2. The summed E-state index contributed by atoms with van der Waals surface area (Å²) in [5, 5.41) is 7.00. The number of ether oxygens (including phenoxy) is 4. The average molecular weight is 624 g/mol. The Morgan fingerprint density at radius 2 is 1.50 bits per heavy atom. The van der Waals surface area contributed by atoms with Crippen LogP contribution >= 0.6 is 24.6 Å². The predicted molar refractivity (Wildman–Crippen MR) is 178 cm³/mol. The van der Waals surface area contributed by atoms with Gasteiger partial charge in [0.2, 0.25) is 5.75 Å². The van der Waals surface area contributed by atoms with E-state index in [1.165, 1.54) is 17.5 Å². The number of H-pyrrole nitrogens is 1. The number of nitrogens with zero attached hydrogens (tertiary/aromatic N) is 1. The summed E-state index contributed by atoms with van der Waals surface area (Å²) in [6.07, 6.45) is 1.69. The average Bonchev–Trinajstić information content (AvgIpc) is 2.98. The van der Waals surface area contributed by atoms with Gasteiger partial charge in [0.25, 0.3) is 5.88 Å². The van der Waals surface area contributed by atoms with Gasteiger partial charge in [0.1, 0.15) is 6.61 Å². The topological polar surface area (TPSA) is 115 Å². The molecular formula is C31H49N3O6S2. The van der Waals surface area contributed by atoms with E-state index in [4.69, 9.17) is 24.1 Å². The van der Waals surface area contributed by atoms with Gasteiger partial charge in [-0.15, -0.1) is 0 Å². The summed E-state index contributed by atoms with van der Waals surface area (Å²) in [5.74, 6) is 1.58. The zero-order valence-electron chi connectivity index (χ0n) is 26.8. The van der Waals surface area contributed by atoms with Crippen LogP contribution in [0.2, 0.25) is 0 Å². The van der Waals surface area contributed by atoms with Gasteiger partial charge in [-0.1, -0.05) is 58.9 Å². The largest absolute Gasteiger partial charge is 0.493 e. The summed E-state index contributed by atoms with van der Waals surface area (Å²) in [7, 11) is 2.56. The molecule has 0 aliphatic carbocycles. The molecule has 0 unspecified atom stereocenters. The van der Waals surface area contributed by atoms with Crippen molar-refractivity contribution in [1.29, 1.82) is 0 Å². The fourth-order valence-electron chi connectivity index (χ4n) is 3.14. The molecule has 0 saturated heterocycles. The third kappa shape index (κ3) is 13.9. The second-order valence-corrected chi connectivity index (χ2v) is 11.0. The van der Waals surface area contributed by atoms with Gasteiger partial charge in [-0.25, -0.2) is 4.79 Å². The number of aromatic nitrogens is 2. The molecule has 3 aromatic rings. The SMILES string of the molecule is CC.CO.COc1ccccc1Oc1c(OCCOC(C)(C)C)nc(=O)[nH]c1NSc1ccc(C(C)(C)C)cc1.CS. The first-order chi connectivity index (χ1) is 20.0. The fraction of sp³-hybridized carbons (Fsp3) is 0.484. The highest BCUT2D eigenvalue weighted by atomic mass is 32.2. The zero-order chi connectivity index (χ0) is 32.3. The van der Waals surface area contributed by atoms with Crippen LogP contribution in [0, 0.1) is 0 Å². The summed E-state index contributed by atoms with van der Waals surface area (Å²) < 4.78 is 26.3. The molecule has 0 saturated carbocycles. The maximum atomic E-state index is 12.4. The Balaban J connectivity index is 0.00000263. The number of benzene rings is 2. The number of methoxy groups -OCH3 is 1. The first-order valence-electron chi connectivity index (χ1n) is 13.6. The molecule has 236 valence electrons. The van der Waals surface area contributed by atoms with Crippen LogP contribution in [-0.4, -0.2) is 54.4 Å². The van der Waals surface area contributed by atoms with Gasteiger partial charge in [0.15, 0.2) is 17.3 Å². The van der Waals surface area contributed by atoms with Crippen LogP contribution in [0.25, 0.3) is 0 Å². The van der Waals surface area contributed by atoms with Crippen molar-refractivity contribution >= 4 is 30.4 Å². The van der Waals surface area contributed by atoms with Crippen molar-refractivity contribution in [2.24, 2.45) is 0 Å². The molecule has 0 amide bonds. The molecule has 0 aliphatic heterocycles. The van der Waals surface area contributed by atoms with E-state index < -0.39 is 5.69 Å². The Morgan fingerprint density at radius 3 is 2.02 bits per heavy atom. The highest BCUT2D eigenvalue weighted by Crippen LogP contribution is 2.40. The second kappa shape index (κ2) is 20.1. The Hall–Kier alpha value is -2.86. The van der Waals surface area contributed by atoms with Crippen molar-refractivity contribution < 1.29 is 24.1 Å². The molecule has 0 spiro atoms. The number of hydrogen-bond acceptors (Lipinski definition) is 10. The standard InChI is InChI=1S/C27H35N3O5S.C2H6.CH4O.CH4S/c1-26(2,3)18-12-14-19(15-13-18)36-30-23-22(35-21-11-9-8-10-20(21)32-7)24(29-25(31)28-23)33-16-17-34-27(4,5)6;3*1-2/h8-15H,16-17H2,1-7H3,(H2,28,29,30,31);1-2H3;2*2H,1H3. The van der Waals surface area contributed by atoms with Gasteiger partial charge < -0.3 is 28.8 Å². The molecule has 0 bridgehead atoms. The number of aliphatic hydroxyl groups is 1. The molecule has 3 rings (SSSR count). The third-order valence-corrected chi connectivity index (χ3v) is 5.80. The maximum absolute atomic E-state index is 12.4. The van der Waals surface area contributed by atoms with Gasteiger partial charge in [0, 0.05) is 12.0 Å². The van der Waals surface area contributed by atoms with Gasteiger partial charge in [0.05, 0.1) is 19.3 Å². The maximum Gasteiger partial charge on any atom is 0.350 e. The number of rotatable bonds is 10. The van der Waals surface area contributed by atoms with E-state index in [9.17, 15) is 4.79 Å². The number of aliphatic hydroxyl groups excluding tert-OH is 1. The van der Waals surface area contributed by atoms with Gasteiger partial charge in [-0.2, -0.15) is 17.6 Å². The minimum Gasteiger partial charge on any atom is -0.493 e. The monoisotopic (exact) mass is 623 g/mol. The number of aromatic amines is 1. The van der Waals surface area contributed by atoms with Crippen molar-refractivity contribution in [3.63, 3.8) is 0 Å². The normalized spacial score (nSPS) is 10.5. The van der Waals surface area contributed by atoms with E-state index in [1.54, 1.807) is 25.5 Å². The molecule has 0 atom stereocenters. The molecule has 0 radical (unpaired) electrons. The Kier molecular flexibility index (Phi) is 18.7. The van der Waals surface area contributed by atoms with Crippen LogP contribution in [0.1, 0.15) is 61.0 Å². The lowest BCUT2D eigenvalue weighted by Gasteiger charge is -2.20. The number of thiol groups is 1. The van der Waals surface area contributed by atoms with E-state index in [-0.39, 0.29) is 29.3 Å². The summed E-state index contributed by atoms with van der Waals surface area (Å²) in [6, 6.07) is 15.5. The van der Waals surface area contributed by atoms with E-state index in [2.05, 4.69) is 60.2 Å². The van der Waals surface area contributed by atoms with Gasteiger partial charge in [-0.05, 0) is 74.2 Å². The molecule has 0 aliphatic rings. The zero-order valence-corrected chi connectivity index (χ0v) is 28.5. The van der Waals surface area contributed by atoms with E-state index >= 15 is 0 Å². The Labute approximate surface area is 261 Å². The molecule has 9 nitrogen and oxygen atoms in total. The molecule has 42 heavy (non-hydrogen) atoms. The first kappa shape index (κ1) is 39.1. The Bertz CT molecular complexity index is 1210. The van der Waals surface area contributed by atoms with Crippen LogP contribution in [-0.2, 0) is 10.2 Å². The van der Waals surface area contributed by atoms with Crippen LogP contribution in [0.15, 0.2) is 58.2 Å². The van der Waals surface area contributed by atoms with Crippen molar-refractivity contribution in [3.05, 3.63) is 64.6 Å². The second-order valence-electron chi connectivity index (χ2n) is 10.1. The van der Waals surface area contributed by atoms with Crippen molar-refractivity contribution in [1.82, 2.24) is 9.97 Å². The predicted octanol–water partition coefficient (Wildman–Crippen LogP) is 7.36. The van der Waals surface area contributed by atoms with Crippen LogP contribution < -0.4 is 24.6 Å². The van der Waals surface area contributed by atoms with Crippen LogP contribution in [0.4, 0.5) is 5.82 Å². The minimum atomic E-state index is -0.569. The quantitative estimate of drug-likeness (QED) is 0.104. The number of para-hydroxylation sites is 2. The molecule has 0 fully saturated rings. The highest BCUT2D eigenvalue weighted by Gasteiger charge is 2.20. The first-order valence-corrected chi connectivity index (χ1v) is 15.3. The van der Waals surface area contributed by atoms with Crippen LogP contribution in [0.3, 0.4) is 0 Å². The van der Waals surface area contributed by atoms with E-state index in [0.29, 0.717) is 23.9 Å². The number of anilines is 1. The summed E-state index contributed by atoms with van der Waals surface area (Å²) in [5.41, 5.74) is 0.414. The van der Waals surface area contributed by atoms with Gasteiger partial charge in [-0.3, -0.25) is 4.98 Å². The lowest BCUT2D eigenvalue weighted by atomic mass is 9.87. The Morgan fingerprint density at radius 1 is 0.929 bits per heavy atom. The smallest absolute Gasteiger partial charge is 0.350 e. The van der Waals surface area contributed by atoms with E-state index in [1.807, 2.05) is 58.9 Å². The van der Waals surface area contributed by atoms with Crippen molar-refractivity contribution in [2.75, 3.05) is 38.4 Å². The molecule has 3 N–H and O–H groups in total. The molecule has 2 aromatic carbocycles. The number of hydrogen-bond donors (Lipinski definition) is 4. The highest BCUT2D eigenvalue weighted by molar-refractivity contribution is 8.00. The minimum absolute atomic E-state index is 0.0494. The third-order valence-electron chi connectivity index (χ3n) is 4.99. The van der Waals surface area contributed by atoms with Crippen molar-refractivity contribution in [2.45, 2.75) is 71.3 Å². The summed E-state index contributed by atoms with van der Waals surface area (Å²) in [6.45, 7) is 16.9. The summed E-state index contributed by atoms with van der Waals surface area (Å²) >= 11 is 4.87. The van der Waals surface area contributed by atoms with Crippen LogP contribution in [0.5, 0.6) is 23.1 Å².